The fraction of sp³-hybridized carbons (Fsp3) is 0.222. The summed E-state index contributed by atoms with van der Waals surface area (Å²) in [6, 6.07) is 5.26. The highest BCUT2D eigenvalue weighted by molar-refractivity contribution is 5.84. The fourth-order valence-electron chi connectivity index (χ4n) is 1.18. The predicted molar refractivity (Wildman–Crippen MR) is 51.0 cm³/mol. The van der Waals surface area contributed by atoms with Gasteiger partial charge in [0.25, 0.3) is 0 Å². The van der Waals surface area contributed by atoms with Crippen LogP contribution in [-0.2, 0) is 0 Å². The third-order valence-corrected chi connectivity index (χ3v) is 1.85. The summed E-state index contributed by atoms with van der Waals surface area (Å²) in [4.78, 5) is 4.20. The molecule has 0 aliphatic heterocycles. The second-order valence-corrected chi connectivity index (χ2v) is 3.04. The van der Waals surface area contributed by atoms with Crippen LogP contribution in [0.2, 0.25) is 0 Å². The lowest BCUT2D eigenvalue weighted by Crippen LogP contribution is -2.04. The average molecular weight is 177 g/mol. The van der Waals surface area contributed by atoms with Gasteiger partial charge in [-0.15, -0.1) is 0 Å². The lowest BCUT2D eigenvalue weighted by atomic mass is 10.3. The summed E-state index contributed by atoms with van der Waals surface area (Å²) in [5.41, 5.74) is 13.3. The highest BCUT2D eigenvalue weighted by atomic mass is 16.3. The average Bonchev–Trinajstić information content (AvgIpc) is 2.49. The minimum Gasteiger partial charge on any atom is -0.437 e. The van der Waals surface area contributed by atoms with Crippen LogP contribution >= 0.6 is 0 Å². The van der Waals surface area contributed by atoms with E-state index < -0.39 is 0 Å². The lowest BCUT2D eigenvalue weighted by Gasteiger charge is -1.95. The number of nitrogens with zero attached hydrogens (tertiary/aromatic N) is 1. The number of nitrogens with two attached hydrogens (primary N) is 2. The van der Waals surface area contributed by atoms with E-state index in [0.29, 0.717) is 17.2 Å². The SMILES string of the molecule is C[C@H](N)c1nc2cccc(N)c2o1. The molecule has 0 aliphatic rings. The maximum absolute atomic E-state index is 5.70. The molecule has 4 nitrogen and oxygen atoms in total. The highest BCUT2D eigenvalue weighted by Gasteiger charge is 2.10. The van der Waals surface area contributed by atoms with E-state index in [4.69, 9.17) is 15.9 Å². The number of para-hydroxylation sites is 1. The first-order valence-corrected chi connectivity index (χ1v) is 4.09. The van der Waals surface area contributed by atoms with Crippen molar-refractivity contribution in [2.24, 2.45) is 5.73 Å². The molecule has 0 amide bonds. The lowest BCUT2D eigenvalue weighted by molar-refractivity contribution is 0.493. The normalized spacial score (nSPS) is 13.4. The van der Waals surface area contributed by atoms with Gasteiger partial charge in [-0.2, -0.15) is 0 Å². The number of benzene rings is 1. The molecule has 1 heterocycles. The predicted octanol–water partition coefficient (Wildman–Crippen LogP) is 1.43. The summed E-state index contributed by atoms with van der Waals surface area (Å²) in [6.45, 7) is 1.82. The zero-order valence-corrected chi connectivity index (χ0v) is 7.32. The Kier molecular flexibility index (Phi) is 1.70. The van der Waals surface area contributed by atoms with Gasteiger partial charge in [-0.05, 0) is 19.1 Å². The van der Waals surface area contributed by atoms with E-state index in [0.717, 1.165) is 5.52 Å². The molecule has 2 rings (SSSR count). The van der Waals surface area contributed by atoms with Gasteiger partial charge >= 0.3 is 0 Å². The van der Waals surface area contributed by atoms with Crippen molar-refractivity contribution in [1.29, 1.82) is 0 Å². The molecule has 0 radical (unpaired) electrons. The number of fused-ring (bicyclic) bond motifs is 1. The Hall–Kier alpha value is -1.55. The van der Waals surface area contributed by atoms with Crippen molar-refractivity contribution >= 4 is 16.8 Å². The molecule has 13 heavy (non-hydrogen) atoms. The zero-order chi connectivity index (χ0) is 9.42. The molecule has 0 aliphatic carbocycles. The number of hydrogen-bond acceptors (Lipinski definition) is 4. The first kappa shape index (κ1) is 8.07. The van der Waals surface area contributed by atoms with E-state index in [9.17, 15) is 0 Å². The summed E-state index contributed by atoms with van der Waals surface area (Å²) < 4.78 is 5.40. The fourth-order valence-corrected chi connectivity index (χ4v) is 1.18. The van der Waals surface area contributed by atoms with E-state index in [2.05, 4.69) is 4.98 Å². The van der Waals surface area contributed by atoms with Crippen LogP contribution in [0, 0.1) is 0 Å². The van der Waals surface area contributed by atoms with Gasteiger partial charge in [-0.25, -0.2) is 4.98 Å². The monoisotopic (exact) mass is 177 g/mol. The Morgan fingerprint density at radius 2 is 2.23 bits per heavy atom. The standard InChI is InChI=1S/C9H11N3O/c1-5(10)9-12-7-4-2-3-6(11)8(7)13-9/h2-5H,10-11H2,1H3/t5-/m0/s1. The Balaban J connectivity index is 2.68. The molecular formula is C9H11N3O. The molecule has 1 atom stereocenters. The molecule has 0 fully saturated rings. The van der Waals surface area contributed by atoms with Crippen molar-refractivity contribution in [3.8, 4) is 0 Å². The molecule has 0 spiro atoms. The van der Waals surface area contributed by atoms with Crippen LogP contribution in [0.25, 0.3) is 11.1 Å². The van der Waals surface area contributed by atoms with Crippen LogP contribution in [0.3, 0.4) is 0 Å². The van der Waals surface area contributed by atoms with Gasteiger partial charge in [0.15, 0.2) is 5.58 Å². The molecular weight excluding hydrogens is 166 g/mol. The van der Waals surface area contributed by atoms with Gasteiger partial charge < -0.3 is 15.9 Å². The number of hydrogen-bond donors (Lipinski definition) is 2. The minimum atomic E-state index is -0.202. The van der Waals surface area contributed by atoms with Gasteiger partial charge in [0.05, 0.1) is 11.7 Å². The molecule has 4 N–H and O–H groups in total. The van der Waals surface area contributed by atoms with Crippen molar-refractivity contribution in [2.45, 2.75) is 13.0 Å². The summed E-state index contributed by atoms with van der Waals surface area (Å²) >= 11 is 0. The first-order chi connectivity index (χ1) is 6.18. The van der Waals surface area contributed by atoms with Crippen molar-refractivity contribution in [3.05, 3.63) is 24.1 Å². The van der Waals surface area contributed by atoms with Gasteiger partial charge in [-0.3, -0.25) is 0 Å². The van der Waals surface area contributed by atoms with E-state index in [1.165, 1.54) is 0 Å². The van der Waals surface area contributed by atoms with Crippen LogP contribution in [-0.4, -0.2) is 4.98 Å². The van der Waals surface area contributed by atoms with E-state index >= 15 is 0 Å². The van der Waals surface area contributed by atoms with Crippen LogP contribution in [0.5, 0.6) is 0 Å². The summed E-state index contributed by atoms with van der Waals surface area (Å²) in [5, 5.41) is 0. The molecule has 0 bridgehead atoms. The second kappa shape index (κ2) is 2.74. The third kappa shape index (κ3) is 1.25. The Morgan fingerprint density at radius 1 is 1.46 bits per heavy atom. The number of aromatic nitrogens is 1. The van der Waals surface area contributed by atoms with Crippen LogP contribution < -0.4 is 11.5 Å². The maximum atomic E-state index is 5.70. The zero-order valence-electron chi connectivity index (χ0n) is 7.32. The van der Waals surface area contributed by atoms with Crippen molar-refractivity contribution < 1.29 is 4.42 Å². The quantitative estimate of drug-likeness (QED) is 0.646. The van der Waals surface area contributed by atoms with E-state index in [-0.39, 0.29) is 6.04 Å². The summed E-state index contributed by atoms with van der Waals surface area (Å²) in [6.07, 6.45) is 0. The van der Waals surface area contributed by atoms with E-state index in [1.54, 1.807) is 6.07 Å². The summed E-state index contributed by atoms with van der Waals surface area (Å²) in [5.74, 6) is 0.521. The Bertz CT molecular complexity index is 433. The number of rotatable bonds is 1. The minimum absolute atomic E-state index is 0.202. The van der Waals surface area contributed by atoms with Crippen molar-refractivity contribution in [3.63, 3.8) is 0 Å². The number of anilines is 1. The molecule has 4 heteroatoms. The molecule has 0 saturated heterocycles. The van der Waals surface area contributed by atoms with Gasteiger partial charge in [0, 0.05) is 0 Å². The summed E-state index contributed by atoms with van der Waals surface area (Å²) in [7, 11) is 0. The largest absolute Gasteiger partial charge is 0.437 e. The molecule has 1 aromatic heterocycles. The van der Waals surface area contributed by atoms with Crippen LogP contribution in [0.1, 0.15) is 18.9 Å². The second-order valence-electron chi connectivity index (χ2n) is 3.04. The Morgan fingerprint density at radius 3 is 2.85 bits per heavy atom. The van der Waals surface area contributed by atoms with Gasteiger partial charge in [-0.1, -0.05) is 6.07 Å². The molecule has 0 unspecified atom stereocenters. The molecule has 68 valence electrons. The topological polar surface area (TPSA) is 78.1 Å². The highest BCUT2D eigenvalue weighted by Crippen LogP contribution is 2.23. The van der Waals surface area contributed by atoms with Crippen LogP contribution in [0.4, 0.5) is 5.69 Å². The van der Waals surface area contributed by atoms with E-state index in [1.807, 2.05) is 19.1 Å². The third-order valence-electron chi connectivity index (χ3n) is 1.85. The number of oxazole rings is 1. The van der Waals surface area contributed by atoms with Crippen molar-refractivity contribution in [1.82, 2.24) is 4.98 Å². The molecule has 0 saturated carbocycles. The first-order valence-electron chi connectivity index (χ1n) is 4.09. The molecule has 1 aromatic carbocycles. The van der Waals surface area contributed by atoms with Gasteiger partial charge in [0.2, 0.25) is 5.89 Å². The maximum Gasteiger partial charge on any atom is 0.212 e. The van der Waals surface area contributed by atoms with Crippen LogP contribution in [0.15, 0.2) is 22.6 Å². The van der Waals surface area contributed by atoms with Gasteiger partial charge in [0.1, 0.15) is 5.52 Å². The van der Waals surface area contributed by atoms with Crippen molar-refractivity contribution in [2.75, 3.05) is 5.73 Å². The Labute approximate surface area is 75.5 Å². The molecule has 2 aromatic rings. The number of nitrogen functional groups attached to an aromatic ring is 1. The smallest absolute Gasteiger partial charge is 0.212 e.